The monoisotopic (exact) mass is 405 g/mol. The van der Waals surface area contributed by atoms with Crippen LogP contribution in [0.3, 0.4) is 0 Å². The molecule has 3 rings (SSSR count). The average Bonchev–Trinajstić information content (AvgIpc) is 3.12. The number of hydrogen-bond donors (Lipinski definition) is 1. The molecule has 27 heavy (non-hydrogen) atoms. The fraction of sp³-hybridized carbons (Fsp3) is 0.167. The van der Waals surface area contributed by atoms with Gasteiger partial charge in [-0.05, 0) is 23.8 Å². The predicted octanol–water partition coefficient (Wildman–Crippen LogP) is 2.67. The Morgan fingerprint density at radius 1 is 1.07 bits per heavy atom. The van der Waals surface area contributed by atoms with Crippen molar-refractivity contribution in [1.29, 1.82) is 0 Å². The molecular formula is C18H16ClN3O4S. The zero-order valence-electron chi connectivity index (χ0n) is 14.1. The Balaban J connectivity index is 1.57. The number of carbonyl (C=O) groups excluding carboxylic acids is 1. The van der Waals surface area contributed by atoms with Gasteiger partial charge in [-0.2, -0.15) is 0 Å². The first-order valence-corrected chi connectivity index (χ1v) is 10.1. The first kappa shape index (κ1) is 19.1. The largest absolute Gasteiger partial charge is 0.412 e. The van der Waals surface area contributed by atoms with Crippen LogP contribution in [0.15, 0.2) is 64.2 Å². The summed E-state index contributed by atoms with van der Waals surface area (Å²) in [5.41, 5.74) is 1.06. The standard InChI is InChI=1S/C18H16ClN3O4S/c19-15-8-4-7-14(11-15)17(23)20-10-9-16-21-22-18(26-16)27(24,25)12-13-5-2-1-3-6-13/h1-8,11H,9-10,12H2,(H,20,23). The van der Waals surface area contributed by atoms with Crippen LogP contribution in [-0.4, -0.2) is 31.1 Å². The van der Waals surface area contributed by atoms with E-state index in [0.717, 1.165) is 0 Å². The van der Waals surface area contributed by atoms with Crippen LogP contribution in [0.1, 0.15) is 21.8 Å². The fourth-order valence-corrected chi connectivity index (χ4v) is 3.67. The van der Waals surface area contributed by atoms with E-state index < -0.39 is 15.1 Å². The van der Waals surface area contributed by atoms with E-state index in [9.17, 15) is 13.2 Å². The molecule has 9 heteroatoms. The molecule has 3 aromatic rings. The Hall–Kier alpha value is -2.71. The molecule has 2 aromatic carbocycles. The quantitative estimate of drug-likeness (QED) is 0.648. The van der Waals surface area contributed by atoms with Gasteiger partial charge in [-0.3, -0.25) is 4.79 Å². The highest BCUT2D eigenvalue weighted by atomic mass is 35.5. The molecule has 1 aromatic heterocycles. The van der Waals surface area contributed by atoms with Crippen LogP contribution in [0.5, 0.6) is 0 Å². The summed E-state index contributed by atoms with van der Waals surface area (Å²) in [5.74, 6) is -0.386. The molecule has 0 aliphatic heterocycles. The minimum absolute atomic E-state index is 0.132. The second kappa shape index (κ2) is 8.32. The van der Waals surface area contributed by atoms with Gasteiger partial charge >= 0.3 is 5.22 Å². The molecule has 0 saturated heterocycles. The van der Waals surface area contributed by atoms with Crippen molar-refractivity contribution in [3.63, 3.8) is 0 Å². The number of rotatable bonds is 7. The van der Waals surface area contributed by atoms with Gasteiger partial charge in [0.1, 0.15) is 0 Å². The van der Waals surface area contributed by atoms with Crippen LogP contribution in [0.4, 0.5) is 0 Å². The van der Waals surface area contributed by atoms with Gasteiger partial charge < -0.3 is 9.73 Å². The first-order chi connectivity index (χ1) is 12.9. The van der Waals surface area contributed by atoms with Gasteiger partial charge in [0.2, 0.25) is 15.7 Å². The maximum atomic E-state index is 12.3. The molecule has 1 N–H and O–H groups in total. The molecule has 0 fully saturated rings. The zero-order valence-corrected chi connectivity index (χ0v) is 15.7. The molecule has 0 bridgehead atoms. The van der Waals surface area contributed by atoms with E-state index >= 15 is 0 Å². The molecule has 1 heterocycles. The Morgan fingerprint density at radius 3 is 2.59 bits per heavy atom. The number of aromatic nitrogens is 2. The number of halogens is 1. The molecular weight excluding hydrogens is 390 g/mol. The lowest BCUT2D eigenvalue weighted by Crippen LogP contribution is -2.25. The van der Waals surface area contributed by atoms with E-state index in [1.54, 1.807) is 54.6 Å². The van der Waals surface area contributed by atoms with Crippen LogP contribution >= 0.6 is 11.6 Å². The number of sulfone groups is 1. The molecule has 0 aliphatic carbocycles. The summed E-state index contributed by atoms with van der Waals surface area (Å²) in [7, 11) is -3.72. The fourth-order valence-electron chi connectivity index (χ4n) is 2.34. The van der Waals surface area contributed by atoms with Gasteiger partial charge in [0.05, 0.1) is 5.75 Å². The van der Waals surface area contributed by atoms with Crippen molar-refractivity contribution in [1.82, 2.24) is 15.5 Å². The SMILES string of the molecule is O=C(NCCc1nnc(S(=O)(=O)Cc2ccccc2)o1)c1cccc(Cl)c1. The number of hydrogen-bond acceptors (Lipinski definition) is 6. The van der Waals surface area contributed by atoms with Crippen molar-refractivity contribution < 1.29 is 17.6 Å². The molecule has 1 amide bonds. The summed E-state index contributed by atoms with van der Waals surface area (Å²) in [6.45, 7) is 0.214. The van der Waals surface area contributed by atoms with Gasteiger partial charge in [0.15, 0.2) is 0 Å². The van der Waals surface area contributed by atoms with Crippen molar-refractivity contribution in [2.75, 3.05) is 6.54 Å². The third kappa shape index (κ3) is 5.15. The van der Waals surface area contributed by atoms with Crippen LogP contribution in [0, 0.1) is 0 Å². The maximum absolute atomic E-state index is 12.3. The summed E-state index contributed by atoms with van der Waals surface area (Å²) in [5, 5.41) is 10.1. The van der Waals surface area contributed by atoms with E-state index in [0.29, 0.717) is 16.1 Å². The van der Waals surface area contributed by atoms with Gasteiger partial charge in [-0.15, -0.1) is 5.10 Å². The summed E-state index contributed by atoms with van der Waals surface area (Å²) < 4.78 is 29.9. The lowest BCUT2D eigenvalue weighted by molar-refractivity contribution is 0.0953. The number of amides is 1. The highest BCUT2D eigenvalue weighted by Crippen LogP contribution is 2.15. The predicted molar refractivity (Wildman–Crippen MR) is 99.1 cm³/mol. The molecule has 0 atom stereocenters. The molecule has 7 nitrogen and oxygen atoms in total. The smallest absolute Gasteiger partial charge is 0.335 e. The lowest BCUT2D eigenvalue weighted by atomic mass is 10.2. The summed E-state index contributed by atoms with van der Waals surface area (Å²) in [6, 6.07) is 15.3. The Labute approximate surface area is 161 Å². The second-order valence-corrected chi connectivity index (χ2v) is 8.03. The topological polar surface area (TPSA) is 102 Å². The van der Waals surface area contributed by atoms with E-state index in [4.69, 9.17) is 16.0 Å². The Kier molecular flexibility index (Phi) is 5.88. The second-order valence-electron chi connectivity index (χ2n) is 5.72. The van der Waals surface area contributed by atoms with E-state index in [1.807, 2.05) is 0 Å². The lowest BCUT2D eigenvalue weighted by Gasteiger charge is -2.03. The minimum atomic E-state index is -3.72. The van der Waals surface area contributed by atoms with E-state index in [-0.39, 0.29) is 30.5 Å². The van der Waals surface area contributed by atoms with Crippen molar-refractivity contribution >= 4 is 27.3 Å². The average molecular weight is 406 g/mol. The summed E-state index contributed by atoms with van der Waals surface area (Å²) in [4.78, 5) is 12.0. The Morgan fingerprint density at radius 2 is 1.85 bits per heavy atom. The normalized spacial score (nSPS) is 11.3. The number of benzene rings is 2. The minimum Gasteiger partial charge on any atom is -0.412 e. The van der Waals surface area contributed by atoms with Crippen molar-refractivity contribution in [3.8, 4) is 0 Å². The highest BCUT2D eigenvalue weighted by Gasteiger charge is 2.23. The van der Waals surface area contributed by atoms with Crippen LogP contribution in [0.2, 0.25) is 5.02 Å². The summed E-state index contributed by atoms with van der Waals surface area (Å²) >= 11 is 5.85. The maximum Gasteiger partial charge on any atom is 0.335 e. The molecule has 0 saturated carbocycles. The molecule has 140 valence electrons. The molecule has 0 aliphatic rings. The number of nitrogens with zero attached hydrogens (tertiary/aromatic N) is 2. The van der Waals surface area contributed by atoms with Gasteiger partial charge in [0, 0.05) is 23.6 Å². The van der Waals surface area contributed by atoms with E-state index in [1.165, 1.54) is 0 Å². The Bertz CT molecular complexity index is 1040. The first-order valence-electron chi connectivity index (χ1n) is 8.07. The third-order valence-corrected chi connectivity index (χ3v) is 5.27. The van der Waals surface area contributed by atoms with Crippen molar-refractivity contribution in [3.05, 3.63) is 76.6 Å². The van der Waals surface area contributed by atoms with Crippen molar-refractivity contribution in [2.45, 2.75) is 17.4 Å². The molecule has 0 unspecified atom stereocenters. The molecule has 0 radical (unpaired) electrons. The van der Waals surface area contributed by atoms with Crippen LogP contribution in [-0.2, 0) is 22.0 Å². The summed E-state index contributed by atoms with van der Waals surface area (Å²) in [6.07, 6.45) is 0.208. The van der Waals surface area contributed by atoms with Gasteiger partial charge in [0.25, 0.3) is 5.91 Å². The van der Waals surface area contributed by atoms with Gasteiger partial charge in [-0.25, -0.2) is 8.42 Å². The zero-order chi connectivity index (χ0) is 19.3. The van der Waals surface area contributed by atoms with Crippen molar-refractivity contribution in [2.24, 2.45) is 0 Å². The number of nitrogens with one attached hydrogen (secondary N) is 1. The van der Waals surface area contributed by atoms with E-state index in [2.05, 4.69) is 15.5 Å². The molecule has 0 spiro atoms. The van der Waals surface area contributed by atoms with Crippen LogP contribution < -0.4 is 5.32 Å². The highest BCUT2D eigenvalue weighted by molar-refractivity contribution is 7.90. The number of carbonyl (C=O) groups is 1. The van der Waals surface area contributed by atoms with Gasteiger partial charge in [-0.1, -0.05) is 53.1 Å². The van der Waals surface area contributed by atoms with Crippen LogP contribution in [0.25, 0.3) is 0 Å². The third-order valence-electron chi connectivity index (χ3n) is 3.63.